The first-order valence-electron chi connectivity index (χ1n) is 11.9. The minimum absolute atomic E-state index is 0.0546. The Balaban J connectivity index is 1.57. The maximum absolute atomic E-state index is 13.2. The maximum Gasteiger partial charge on any atom is 0.309 e. The van der Waals surface area contributed by atoms with Gasteiger partial charge in [-0.25, -0.2) is 0 Å². The number of allylic oxidation sites excluding steroid dienone is 1. The van der Waals surface area contributed by atoms with Crippen molar-refractivity contribution in [2.75, 3.05) is 41.0 Å². The van der Waals surface area contributed by atoms with Crippen LogP contribution in [-0.2, 0) is 16.1 Å². The number of esters is 1. The molecule has 2 aromatic rings. The van der Waals surface area contributed by atoms with Crippen LogP contribution >= 0.6 is 0 Å². The molecular weight excluding hydrogens is 466 g/mol. The number of ether oxygens (including phenoxy) is 5. The number of piperidine rings is 1. The van der Waals surface area contributed by atoms with Gasteiger partial charge in [0.15, 0.2) is 17.3 Å². The Morgan fingerprint density at radius 3 is 2.44 bits per heavy atom. The zero-order chi connectivity index (χ0) is 25.8. The molecule has 2 heterocycles. The van der Waals surface area contributed by atoms with Gasteiger partial charge in [0.2, 0.25) is 11.5 Å². The standard InChI is InChI=1S/C27H31NO8/c1-5-35-27(31)16-10-12-28(13-11-16)15-19-20(29)8-7-18-23(30)22(36-25(18)19)14-17-6-9-21(32-2)26(34-4)24(17)33-3/h6-9,14,16,29H,5,10-13,15H2,1-4H3/b22-14+. The number of phenols is 1. The summed E-state index contributed by atoms with van der Waals surface area (Å²) in [6.45, 7) is 3.92. The summed E-state index contributed by atoms with van der Waals surface area (Å²) in [5.74, 6) is 1.27. The van der Waals surface area contributed by atoms with Crippen molar-refractivity contribution in [1.82, 2.24) is 4.90 Å². The van der Waals surface area contributed by atoms with Crippen LogP contribution in [0.1, 0.15) is 41.3 Å². The number of likely N-dealkylation sites (tertiary alicyclic amines) is 1. The minimum atomic E-state index is -0.288. The highest BCUT2D eigenvalue weighted by Crippen LogP contribution is 2.43. The molecule has 9 heteroatoms. The third kappa shape index (κ3) is 4.83. The lowest BCUT2D eigenvalue weighted by Crippen LogP contribution is -2.36. The van der Waals surface area contributed by atoms with Gasteiger partial charge >= 0.3 is 5.97 Å². The number of carbonyl (C=O) groups excluding carboxylic acids is 2. The smallest absolute Gasteiger partial charge is 0.309 e. The number of hydrogen-bond donors (Lipinski definition) is 1. The average Bonchev–Trinajstić information content (AvgIpc) is 3.20. The van der Waals surface area contributed by atoms with Gasteiger partial charge in [-0.15, -0.1) is 0 Å². The van der Waals surface area contributed by atoms with E-state index in [0.29, 0.717) is 78.8 Å². The topological polar surface area (TPSA) is 104 Å². The highest BCUT2D eigenvalue weighted by Gasteiger charge is 2.33. The van der Waals surface area contributed by atoms with E-state index in [9.17, 15) is 14.7 Å². The number of nitrogens with zero attached hydrogens (tertiary/aromatic N) is 1. The fourth-order valence-electron chi connectivity index (χ4n) is 4.64. The van der Waals surface area contributed by atoms with E-state index >= 15 is 0 Å². The van der Waals surface area contributed by atoms with E-state index in [1.54, 1.807) is 31.2 Å². The lowest BCUT2D eigenvalue weighted by Gasteiger charge is -2.31. The van der Waals surface area contributed by atoms with Crippen LogP contribution in [0.5, 0.6) is 28.7 Å². The maximum atomic E-state index is 13.2. The summed E-state index contributed by atoms with van der Waals surface area (Å²) in [5.41, 5.74) is 1.51. The molecule has 1 N–H and O–H groups in total. The van der Waals surface area contributed by atoms with Crippen molar-refractivity contribution in [3.8, 4) is 28.7 Å². The van der Waals surface area contributed by atoms with Crippen LogP contribution in [0.3, 0.4) is 0 Å². The van der Waals surface area contributed by atoms with Crippen LogP contribution in [0.2, 0.25) is 0 Å². The number of hydrogen-bond acceptors (Lipinski definition) is 9. The quantitative estimate of drug-likeness (QED) is 0.431. The molecule has 0 aliphatic carbocycles. The van der Waals surface area contributed by atoms with Crippen molar-refractivity contribution in [2.24, 2.45) is 5.92 Å². The van der Waals surface area contributed by atoms with E-state index in [2.05, 4.69) is 4.90 Å². The number of methoxy groups -OCH3 is 3. The Morgan fingerprint density at radius 2 is 1.81 bits per heavy atom. The van der Waals surface area contributed by atoms with E-state index in [1.165, 1.54) is 27.4 Å². The Bertz CT molecular complexity index is 1180. The van der Waals surface area contributed by atoms with E-state index in [4.69, 9.17) is 23.7 Å². The molecule has 9 nitrogen and oxygen atoms in total. The summed E-state index contributed by atoms with van der Waals surface area (Å²) in [7, 11) is 4.55. The van der Waals surface area contributed by atoms with E-state index in [0.717, 1.165) is 0 Å². The fraction of sp³-hybridized carbons (Fsp3) is 0.407. The first-order chi connectivity index (χ1) is 17.4. The largest absolute Gasteiger partial charge is 0.507 e. The molecule has 192 valence electrons. The van der Waals surface area contributed by atoms with Gasteiger partial charge in [0, 0.05) is 12.1 Å². The number of Topliss-reactive ketones (excluding diaryl/α,β-unsaturated/α-hetero) is 1. The van der Waals surface area contributed by atoms with Crippen molar-refractivity contribution in [3.05, 3.63) is 46.7 Å². The van der Waals surface area contributed by atoms with Crippen LogP contribution in [0.25, 0.3) is 6.08 Å². The van der Waals surface area contributed by atoms with Crippen LogP contribution in [-0.4, -0.2) is 62.8 Å². The Labute approximate surface area is 210 Å². The molecule has 0 bridgehead atoms. The zero-order valence-corrected chi connectivity index (χ0v) is 21.0. The van der Waals surface area contributed by atoms with Gasteiger partial charge in [0.1, 0.15) is 11.5 Å². The molecule has 0 aromatic heterocycles. The second kappa shape index (κ2) is 10.9. The fourth-order valence-corrected chi connectivity index (χ4v) is 4.64. The molecule has 36 heavy (non-hydrogen) atoms. The summed E-state index contributed by atoms with van der Waals surface area (Å²) < 4.78 is 27.4. The highest BCUT2D eigenvalue weighted by molar-refractivity contribution is 6.15. The van der Waals surface area contributed by atoms with Crippen molar-refractivity contribution >= 4 is 17.8 Å². The number of carbonyl (C=O) groups is 2. The molecule has 2 aliphatic rings. The average molecular weight is 498 g/mol. The summed E-state index contributed by atoms with van der Waals surface area (Å²) in [6.07, 6.45) is 2.95. The van der Waals surface area contributed by atoms with Crippen LogP contribution in [0, 0.1) is 5.92 Å². The predicted molar refractivity (Wildman–Crippen MR) is 132 cm³/mol. The number of aromatic hydroxyl groups is 1. The van der Waals surface area contributed by atoms with Gasteiger partial charge in [0.25, 0.3) is 0 Å². The van der Waals surface area contributed by atoms with Crippen molar-refractivity contribution in [2.45, 2.75) is 26.3 Å². The first kappa shape index (κ1) is 25.4. The monoisotopic (exact) mass is 497 g/mol. The Morgan fingerprint density at radius 1 is 1.08 bits per heavy atom. The number of phenolic OH excluding ortho intramolecular Hbond substituents is 1. The van der Waals surface area contributed by atoms with E-state index < -0.39 is 0 Å². The molecule has 0 radical (unpaired) electrons. The molecular formula is C27H31NO8. The molecule has 0 spiro atoms. The molecule has 0 unspecified atom stereocenters. The lowest BCUT2D eigenvalue weighted by molar-refractivity contribution is -0.149. The number of ketones is 1. The zero-order valence-electron chi connectivity index (χ0n) is 21.0. The summed E-state index contributed by atoms with van der Waals surface area (Å²) >= 11 is 0. The summed E-state index contributed by atoms with van der Waals surface area (Å²) in [4.78, 5) is 27.4. The number of benzene rings is 2. The Kier molecular flexibility index (Phi) is 7.69. The Hall–Kier alpha value is -3.72. The second-order valence-electron chi connectivity index (χ2n) is 8.61. The van der Waals surface area contributed by atoms with Gasteiger partial charge in [0.05, 0.1) is 45.0 Å². The second-order valence-corrected chi connectivity index (χ2v) is 8.61. The lowest BCUT2D eigenvalue weighted by atomic mass is 9.96. The van der Waals surface area contributed by atoms with Crippen LogP contribution in [0.15, 0.2) is 30.0 Å². The number of rotatable bonds is 8. The van der Waals surface area contributed by atoms with Gasteiger partial charge < -0.3 is 28.8 Å². The molecule has 2 aliphatic heterocycles. The van der Waals surface area contributed by atoms with Crippen LogP contribution < -0.4 is 18.9 Å². The van der Waals surface area contributed by atoms with E-state index in [1.807, 2.05) is 0 Å². The van der Waals surface area contributed by atoms with Crippen molar-refractivity contribution in [1.29, 1.82) is 0 Å². The minimum Gasteiger partial charge on any atom is -0.507 e. The molecule has 4 rings (SSSR count). The number of fused-ring (bicyclic) bond motifs is 1. The highest BCUT2D eigenvalue weighted by atomic mass is 16.5. The normalized spacial score (nSPS) is 17.0. The molecule has 0 amide bonds. The van der Waals surface area contributed by atoms with Crippen molar-refractivity contribution in [3.63, 3.8) is 0 Å². The molecule has 1 fully saturated rings. The van der Waals surface area contributed by atoms with E-state index in [-0.39, 0.29) is 29.2 Å². The summed E-state index contributed by atoms with van der Waals surface area (Å²) in [5, 5.41) is 10.6. The molecule has 2 aromatic carbocycles. The third-order valence-electron chi connectivity index (χ3n) is 6.53. The van der Waals surface area contributed by atoms with Gasteiger partial charge in [-0.1, -0.05) is 0 Å². The van der Waals surface area contributed by atoms with Crippen molar-refractivity contribution < 1.29 is 38.4 Å². The SMILES string of the molecule is CCOC(=O)C1CCN(Cc2c(O)ccc3c2O/C(=C/c2ccc(OC)c(OC)c2OC)C3=O)CC1. The van der Waals surface area contributed by atoms with Gasteiger partial charge in [-0.2, -0.15) is 0 Å². The summed E-state index contributed by atoms with van der Waals surface area (Å²) in [6, 6.07) is 6.55. The van der Waals surface area contributed by atoms with Crippen LogP contribution in [0.4, 0.5) is 0 Å². The third-order valence-corrected chi connectivity index (χ3v) is 6.53. The predicted octanol–water partition coefficient (Wildman–Crippen LogP) is 3.81. The first-order valence-corrected chi connectivity index (χ1v) is 11.9. The molecule has 0 atom stereocenters. The molecule has 0 saturated carbocycles. The van der Waals surface area contributed by atoms with Gasteiger partial charge in [-0.05, 0) is 63.2 Å². The van der Waals surface area contributed by atoms with Gasteiger partial charge in [-0.3, -0.25) is 14.5 Å². The molecule has 1 saturated heterocycles.